The van der Waals surface area contributed by atoms with E-state index in [4.69, 9.17) is 9.79 Å². The van der Waals surface area contributed by atoms with Crippen molar-refractivity contribution in [1.82, 2.24) is 0 Å². The van der Waals surface area contributed by atoms with Gasteiger partial charge in [0.1, 0.15) is 0 Å². The highest BCUT2D eigenvalue weighted by Gasteiger charge is 2.11. The van der Waals surface area contributed by atoms with Crippen molar-refractivity contribution in [3.8, 4) is 0 Å². The molecule has 0 aromatic rings. The average Bonchev–Trinajstić information content (AvgIpc) is 3.28. The molecule has 0 aliphatic heterocycles. The second kappa shape index (κ2) is 57.5. The molecular formula is C60H123O3P. The van der Waals surface area contributed by atoms with E-state index in [1.165, 1.54) is 353 Å². The summed E-state index contributed by atoms with van der Waals surface area (Å²) in [5.74, 6) is 0. The lowest BCUT2D eigenvalue weighted by Gasteiger charge is -2.05. The fourth-order valence-electron chi connectivity index (χ4n) is 10.3. The SMILES string of the molecule is CCCCCCCCCCCCCCCCCCCCCCCCCCCCCCCCCCCCCCCCCCCCCCCCCCCCCCCCCCCCP(=O)(O)O. The summed E-state index contributed by atoms with van der Waals surface area (Å²) in [7, 11) is -3.78. The number of hydrogen-bond donors (Lipinski definition) is 2. The molecule has 0 fully saturated rings. The van der Waals surface area contributed by atoms with Crippen LogP contribution in [-0.4, -0.2) is 15.9 Å². The predicted molar refractivity (Wildman–Crippen MR) is 290 cm³/mol. The third kappa shape index (κ3) is 62.2. The summed E-state index contributed by atoms with van der Waals surface area (Å²) in [6.07, 6.45) is 83.1. The molecule has 0 heterocycles. The first-order chi connectivity index (χ1) is 31.6. The fourth-order valence-corrected chi connectivity index (χ4v) is 10.9. The van der Waals surface area contributed by atoms with Gasteiger partial charge in [0.05, 0.1) is 0 Å². The van der Waals surface area contributed by atoms with E-state index in [1.54, 1.807) is 0 Å². The molecule has 0 aromatic carbocycles. The maximum absolute atomic E-state index is 10.9. The van der Waals surface area contributed by atoms with Crippen molar-refractivity contribution >= 4 is 7.60 Å². The Bertz CT molecular complexity index is 856. The first kappa shape index (κ1) is 64.2. The van der Waals surface area contributed by atoms with Gasteiger partial charge in [0.15, 0.2) is 0 Å². The second-order valence-corrected chi connectivity index (χ2v) is 23.3. The lowest BCUT2D eigenvalue weighted by atomic mass is 10.0. The van der Waals surface area contributed by atoms with Gasteiger partial charge in [-0.05, 0) is 6.42 Å². The molecule has 0 aliphatic carbocycles. The predicted octanol–water partition coefficient (Wildman–Crippen LogP) is 22.8. The van der Waals surface area contributed by atoms with Crippen LogP contribution in [0.15, 0.2) is 0 Å². The summed E-state index contributed by atoms with van der Waals surface area (Å²) in [4.78, 5) is 17.8. The standard InChI is InChI=1S/C60H123O3P/c1-2-3-4-5-6-7-8-9-10-11-12-13-14-15-16-17-18-19-20-21-22-23-24-25-26-27-28-29-30-31-32-33-34-35-36-37-38-39-40-41-42-43-44-45-46-47-48-49-50-51-52-53-54-55-56-57-58-59-60-64(61,62)63/h2-60H2,1H3,(H2,61,62,63). The van der Waals surface area contributed by atoms with Gasteiger partial charge in [-0.25, -0.2) is 0 Å². The van der Waals surface area contributed by atoms with Crippen molar-refractivity contribution < 1.29 is 14.4 Å². The summed E-state index contributed by atoms with van der Waals surface area (Å²) in [5.41, 5.74) is 0. The van der Waals surface area contributed by atoms with Gasteiger partial charge < -0.3 is 9.79 Å². The molecular weight excluding hydrogens is 800 g/mol. The Morgan fingerprint density at radius 1 is 0.188 bits per heavy atom. The Kier molecular flexibility index (Phi) is 57.6. The highest BCUT2D eigenvalue weighted by atomic mass is 31.2. The molecule has 0 saturated carbocycles. The van der Waals surface area contributed by atoms with Crippen molar-refractivity contribution in [2.24, 2.45) is 0 Å². The maximum atomic E-state index is 10.9. The molecule has 0 aliphatic rings. The highest BCUT2D eigenvalue weighted by Crippen LogP contribution is 2.35. The molecule has 2 N–H and O–H groups in total. The molecule has 3 nitrogen and oxygen atoms in total. The van der Waals surface area contributed by atoms with E-state index in [9.17, 15) is 4.57 Å². The Balaban J connectivity index is 3.07. The first-order valence-electron chi connectivity index (χ1n) is 30.6. The second-order valence-electron chi connectivity index (χ2n) is 21.5. The van der Waals surface area contributed by atoms with Gasteiger partial charge in [0, 0.05) is 6.16 Å². The van der Waals surface area contributed by atoms with Crippen molar-refractivity contribution in [2.45, 2.75) is 379 Å². The molecule has 0 unspecified atom stereocenters. The summed E-state index contributed by atoms with van der Waals surface area (Å²) in [6.45, 7) is 2.31. The quantitative estimate of drug-likeness (QED) is 0.0472. The van der Waals surface area contributed by atoms with Gasteiger partial charge in [-0.2, -0.15) is 0 Å². The minimum absolute atomic E-state index is 0.0624. The van der Waals surface area contributed by atoms with E-state index in [1.807, 2.05) is 0 Å². The van der Waals surface area contributed by atoms with Crippen molar-refractivity contribution in [1.29, 1.82) is 0 Å². The zero-order chi connectivity index (χ0) is 46.2. The van der Waals surface area contributed by atoms with E-state index in [-0.39, 0.29) is 6.16 Å². The molecule has 4 heteroatoms. The molecule has 386 valence electrons. The van der Waals surface area contributed by atoms with Crippen molar-refractivity contribution in [3.63, 3.8) is 0 Å². The molecule has 0 radical (unpaired) electrons. The van der Waals surface area contributed by atoms with Gasteiger partial charge in [-0.15, -0.1) is 0 Å². The summed E-state index contributed by atoms with van der Waals surface area (Å²) < 4.78 is 10.9. The van der Waals surface area contributed by atoms with E-state index in [0.717, 1.165) is 12.8 Å². The van der Waals surface area contributed by atoms with Crippen LogP contribution in [0, 0.1) is 0 Å². The minimum Gasteiger partial charge on any atom is -0.324 e. The Morgan fingerprint density at radius 3 is 0.375 bits per heavy atom. The van der Waals surface area contributed by atoms with E-state index >= 15 is 0 Å². The lowest BCUT2D eigenvalue weighted by Crippen LogP contribution is -1.88. The van der Waals surface area contributed by atoms with Gasteiger partial charge in [-0.3, -0.25) is 4.57 Å². The van der Waals surface area contributed by atoms with Crippen LogP contribution < -0.4 is 0 Å². The zero-order valence-electron chi connectivity index (χ0n) is 44.5. The Hall–Kier alpha value is 0.150. The van der Waals surface area contributed by atoms with Crippen LogP contribution in [0.2, 0.25) is 0 Å². The van der Waals surface area contributed by atoms with Gasteiger partial charge >= 0.3 is 7.60 Å². The number of hydrogen-bond acceptors (Lipinski definition) is 1. The zero-order valence-corrected chi connectivity index (χ0v) is 45.4. The van der Waals surface area contributed by atoms with Crippen LogP contribution in [0.5, 0.6) is 0 Å². The first-order valence-corrected chi connectivity index (χ1v) is 32.4. The summed E-state index contributed by atoms with van der Waals surface area (Å²) in [5, 5.41) is 0. The largest absolute Gasteiger partial charge is 0.325 e. The van der Waals surface area contributed by atoms with Crippen molar-refractivity contribution in [2.75, 3.05) is 6.16 Å². The molecule has 0 aromatic heterocycles. The van der Waals surface area contributed by atoms with Crippen LogP contribution in [-0.2, 0) is 4.57 Å². The smallest absolute Gasteiger partial charge is 0.324 e. The third-order valence-electron chi connectivity index (χ3n) is 14.8. The average molecular weight is 924 g/mol. The summed E-state index contributed by atoms with van der Waals surface area (Å²) >= 11 is 0. The Labute approximate surface area is 405 Å². The third-order valence-corrected chi connectivity index (χ3v) is 15.7. The molecule has 0 amide bonds. The van der Waals surface area contributed by atoms with Crippen LogP contribution in [0.4, 0.5) is 0 Å². The summed E-state index contributed by atoms with van der Waals surface area (Å²) in [6, 6.07) is 0. The molecule has 64 heavy (non-hydrogen) atoms. The minimum atomic E-state index is -3.78. The normalized spacial score (nSPS) is 12.0. The van der Waals surface area contributed by atoms with Gasteiger partial charge in [0.25, 0.3) is 0 Å². The highest BCUT2D eigenvalue weighted by molar-refractivity contribution is 7.51. The number of rotatable bonds is 59. The molecule has 0 atom stereocenters. The molecule has 0 spiro atoms. The van der Waals surface area contributed by atoms with Crippen LogP contribution in [0.1, 0.15) is 379 Å². The monoisotopic (exact) mass is 923 g/mol. The molecule has 0 saturated heterocycles. The van der Waals surface area contributed by atoms with Crippen molar-refractivity contribution in [3.05, 3.63) is 0 Å². The van der Waals surface area contributed by atoms with E-state index in [0.29, 0.717) is 6.42 Å². The number of unbranched alkanes of at least 4 members (excludes halogenated alkanes) is 57. The van der Waals surface area contributed by atoms with Crippen LogP contribution >= 0.6 is 7.60 Å². The lowest BCUT2D eigenvalue weighted by molar-refractivity contribution is 0.370. The molecule has 0 rings (SSSR count). The fraction of sp³-hybridized carbons (Fsp3) is 1.00. The molecule has 0 bridgehead atoms. The van der Waals surface area contributed by atoms with E-state index < -0.39 is 7.60 Å². The maximum Gasteiger partial charge on any atom is 0.325 e. The van der Waals surface area contributed by atoms with Gasteiger partial charge in [0.2, 0.25) is 0 Å². The van der Waals surface area contributed by atoms with E-state index in [2.05, 4.69) is 6.92 Å². The van der Waals surface area contributed by atoms with Crippen LogP contribution in [0.25, 0.3) is 0 Å². The topological polar surface area (TPSA) is 57.5 Å². The Morgan fingerprint density at radius 2 is 0.281 bits per heavy atom. The van der Waals surface area contributed by atoms with Gasteiger partial charge in [-0.1, -0.05) is 373 Å². The van der Waals surface area contributed by atoms with Crippen LogP contribution in [0.3, 0.4) is 0 Å².